The van der Waals surface area contributed by atoms with E-state index in [9.17, 15) is 31.9 Å². The molecule has 5 nitrogen and oxygen atoms in total. The lowest BCUT2D eigenvalue weighted by Gasteiger charge is -2.18. The standard InChI is InChI=1S/C20H17F5O5/c1-19(9-13(19)17(26)27)12-5-4-11(8-15(12)28-2)29-14-6-3-10(20(23,24)25)7-16(14)30-18(21)22/h3-8,13,18H,9H2,1-2H3,(H,26,27)/t13-,19-/m1/s1. The summed E-state index contributed by atoms with van der Waals surface area (Å²) in [5.41, 5.74) is -1.17. The highest BCUT2D eigenvalue weighted by atomic mass is 19.4. The quantitative estimate of drug-likeness (QED) is 0.588. The van der Waals surface area contributed by atoms with Gasteiger partial charge in [0.2, 0.25) is 0 Å². The molecule has 0 bridgehead atoms. The highest BCUT2D eigenvalue weighted by Crippen LogP contribution is 2.57. The first-order chi connectivity index (χ1) is 14.0. The lowest BCUT2D eigenvalue weighted by molar-refractivity contribution is -0.139. The van der Waals surface area contributed by atoms with Crippen molar-refractivity contribution in [1.29, 1.82) is 0 Å². The van der Waals surface area contributed by atoms with Crippen LogP contribution in [-0.2, 0) is 16.4 Å². The summed E-state index contributed by atoms with van der Waals surface area (Å²) in [5.74, 6) is -2.23. The summed E-state index contributed by atoms with van der Waals surface area (Å²) in [5, 5.41) is 9.22. The number of aliphatic carboxylic acids is 1. The Bertz CT molecular complexity index is 959. The zero-order valence-corrected chi connectivity index (χ0v) is 15.8. The van der Waals surface area contributed by atoms with Crippen molar-refractivity contribution in [2.24, 2.45) is 5.92 Å². The van der Waals surface area contributed by atoms with Crippen LogP contribution in [0.1, 0.15) is 24.5 Å². The molecule has 2 aromatic rings. The molecule has 0 aliphatic heterocycles. The molecule has 3 rings (SSSR count). The van der Waals surface area contributed by atoms with Crippen molar-refractivity contribution < 1.29 is 46.1 Å². The second kappa shape index (κ2) is 7.66. The Kier molecular flexibility index (Phi) is 5.53. The molecule has 2 atom stereocenters. The van der Waals surface area contributed by atoms with Gasteiger partial charge in [0.15, 0.2) is 11.5 Å². The first kappa shape index (κ1) is 21.7. The fourth-order valence-corrected chi connectivity index (χ4v) is 3.31. The van der Waals surface area contributed by atoms with Gasteiger partial charge in [-0.25, -0.2) is 0 Å². The van der Waals surface area contributed by atoms with Crippen LogP contribution in [0.15, 0.2) is 36.4 Å². The maximum Gasteiger partial charge on any atom is 0.416 e. The van der Waals surface area contributed by atoms with E-state index in [0.29, 0.717) is 29.9 Å². The number of hydrogen-bond acceptors (Lipinski definition) is 4. The van der Waals surface area contributed by atoms with Gasteiger partial charge < -0.3 is 19.3 Å². The Morgan fingerprint density at radius 2 is 1.83 bits per heavy atom. The summed E-state index contributed by atoms with van der Waals surface area (Å²) in [4.78, 5) is 11.3. The van der Waals surface area contributed by atoms with Gasteiger partial charge in [0.25, 0.3) is 0 Å². The van der Waals surface area contributed by atoms with Crippen molar-refractivity contribution in [3.8, 4) is 23.0 Å². The Hall–Kier alpha value is -3.04. The van der Waals surface area contributed by atoms with Crippen LogP contribution in [0.3, 0.4) is 0 Å². The summed E-state index contributed by atoms with van der Waals surface area (Å²) >= 11 is 0. The van der Waals surface area contributed by atoms with Crippen LogP contribution in [0.2, 0.25) is 0 Å². The minimum atomic E-state index is -4.75. The van der Waals surface area contributed by atoms with E-state index in [2.05, 4.69) is 4.74 Å². The number of carbonyl (C=O) groups is 1. The first-order valence-electron chi connectivity index (χ1n) is 8.71. The highest BCUT2D eigenvalue weighted by Gasteiger charge is 2.57. The molecule has 0 heterocycles. The van der Waals surface area contributed by atoms with E-state index in [1.54, 1.807) is 13.0 Å². The minimum Gasteiger partial charge on any atom is -0.496 e. The maximum absolute atomic E-state index is 12.9. The minimum absolute atomic E-state index is 0.0885. The van der Waals surface area contributed by atoms with Gasteiger partial charge in [-0.3, -0.25) is 4.79 Å². The predicted molar refractivity (Wildman–Crippen MR) is 94.2 cm³/mol. The van der Waals surface area contributed by atoms with E-state index in [1.165, 1.54) is 19.2 Å². The number of alkyl halides is 5. The van der Waals surface area contributed by atoms with E-state index in [1.807, 2.05) is 0 Å². The normalized spacial score (nSPS) is 20.7. The smallest absolute Gasteiger partial charge is 0.416 e. The number of hydrogen-bond donors (Lipinski definition) is 1. The van der Waals surface area contributed by atoms with Gasteiger partial charge in [-0.1, -0.05) is 13.0 Å². The Labute approximate surface area is 168 Å². The number of carboxylic acid groups (broad SMARTS) is 1. The van der Waals surface area contributed by atoms with Crippen LogP contribution in [-0.4, -0.2) is 24.8 Å². The number of ether oxygens (including phenoxy) is 3. The fourth-order valence-electron chi connectivity index (χ4n) is 3.31. The summed E-state index contributed by atoms with van der Waals surface area (Å²) in [7, 11) is 1.37. The third-order valence-corrected chi connectivity index (χ3v) is 5.04. The SMILES string of the molecule is COc1cc(Oc2ccc(C(F)(F)F)cc2OC(F)F)ccc1[C@@]1(C)C[C@@H]1C(=O)O. The molecular weight excluding hydrogens is 415 g/mol. The van der Waals surface area contributed by atoms with Crippen molar-refractivity contribution in [3.63, 3.8) is 0 Å². The predicted octanol–water partition coefficient (Wildman–Crippen LogP) is 5.47. The van der Waals surface area contributed by atoms with Gasteiger partial charge in [0, 0.05) is 17.0 Å². The van der Waals surface area contributed by atoms with Gasteiger partial charge >= 0.3 is 18.8 Å². The number of benzene rings is 2. The van der Waals surface area contributed by atoms with E-state index in [4.69, 9.17) is 9.47 Å². The molecule has 10 heteroatoms. The Morgan fingerprint density at radius 1 is 1.13 bits per heavy atom. The topological polar surface area (TPSA) is 65.0 Å². The number of carboxylic acids is 1. The summed E-state index contributed by atoms with van der Waals surface area (Å²) < 4.78 is 78.9. The van der Waals surface area contributed by atoms with Crippen LogP contribution < -0.4 is 14.2 Å². The van der Waals surface area contributed by atoms with E-state index in [0.717, 1.165) is 6.07 Å². The first-order valence-corrected chi connectivity index (χ1v) is 8.71. The van der Waals surface area contributed by atoms with Gasteiger partial charge in [0.1, 0.15) is 11.5 Å². The van der Waals surface area contributed by atoms with Crippen molar-refractivity contribution in [2.45, 2.75) is 31.5 Å². The molecule has 162 valence electrons. The molecular formula is C20H17F5O5. The molecule has 1 aliphatic carbocycles. The molecule has 0 spiro atoms. The third-order valence-electron chi connectivity index (χ3n) is 5.04. The van der Waals surface area contributed by atoms with Crippen molar-refractivity contribution >= 4 is 5.97 Å². The summed E-state index contributed by atoms with van der Waals surface area (Å²) in [6.45, 7) is -1.58. The lowest BCUT2D eigenvalue weighted by atomic mass is 9.94. The van der Waals surface area contributed by atoms with Crippen molar-refractivity contribution in [1.82, 2.24) is 0 Å². The average molecular weight is 432 g/mol. The van der Waals surface area contributed by atoms with Crippen molar-refractivity contribution in [2.75, 3.05) is 7.11 Å². The summed E-state index contributed by atoms with van der Waals surface area (Å²) in [6, 6.07) is 6.42. The number of methoxy groups -OCH3 is 1. The Morgan fingerprint density at radius 3 is 2.37 bits per heavy atom. The molecule has 0 radical (unpaired) electrons. The second-order valence-corrected chi connectivity index (χ2v) is 7.01. The molecule has 0 amide bonds. The molecule has 0 saturated heterocycles. The molecule has 1 N–H and O–H groups in total. The monoisotopic (exact) mass is 432 g/mol. The zero-order chi connectivity index (χ0) is 22.3. The van der Waals surface area contributed by atoms with Crippen LogP contribution in [0.5, 0.6) is 23.0 Å². The fraction of sp³-hybridized carbons (Fsp3) is 0.350. The number of halogens is 5. The number of rotatable bonds is 7. The molecule has 1 aliphatic rings. The average Bonchev–Trinajstić information content (AvgIpc) is 3.35. The molecule has 2 aromatic carbocycles. The van der Waals surface area contributed by atoms with Gasteiger partial charge in [-0.05, 0) is 30.7 Å². The maximum atomic E-state index is 12.9. The van der Waals surface area contributed by atoms with Crippen LogP contribution in [0.25, 0.3) is 0 Å². The lowest BCUT2D eigenvalue weighted by Crippen LogP contribution is -2.12. The highest BCUT2D eigenvalue weighted by molar-refractivity contribution is 5.77. The van der Waals surface area contributed by atoms with Crippen LogP contribution in [0, 0.1) is 5.92 Å². The third kappa shape index (κ3) is 4.27. The van der Waals surface area contributed by atoms with Crippen LogP contribution in [0.4, 0.5) is 22.0 Å². The molecule has 30 heavy (non-hydrogen) atoms. The summed E-state index contributed by atoms with van der Waals surface area (Å²) in [6.07, 6.45) is -4.33. The second-order valence-electron chi connectivity index (χ2n) is 7.01. The van der Waals surface area contributed by atoms with Gasteiger partial charge in [0.05, 0.1) is 18.6 Å². The molecule has 1 fully saturated rings. The van der Waals surface area contributed by atoms with Crippen LogP contribution >= 0.6 is 0 Å². The largest absolute Gasteiger partial charge is 0.496 e. The zero-order valence-electron chi connectivity index (χ0n) is 15.8. The van der Waals surface area contributed by atoms with Gasteiger partial charge in [-0.2, -0.15) is 22.0 Å². The van der Waals surface area contributed by atoms with Gasteiger partial charge in [-0.15, -0.1) is 0 Å². The van der Waals surface area contributed by atoms with Crippen molar-refractivity contribution in [3.05, 3.63) is 47.5 Å². The molecule has 0 aromatic heterocycles. The molecule has 0 unspecified atom stereocenters. The van der Waals surface area contributed by atoms with E-state index < -0.39 is 41.4 Å². The van der Waals surface area contributed by atoms with E-state index in [-0.39, 0.29) is 11.5 Å². The molecule has 1 saturated carbocycles. The Balaban J connectivity index is 1.92. The van der Waals surface area contributed by atoms with E-state index >= 15 is 0 Å².